The van der Waals surface area contributed by atoms with E-state index in [0.717, 1.165) is 34.8 Å². The van der Waals surface area contributed by atoms with Crippen molar-refractivity contribution in [2.75, 3.05) is 30.9 Å². The Kier molecular flexibility index (Phi) is 8.99. The molecule has 0 unspecified atom stereocenters. The number of esters is 1. The smallest absolute Gasteiger partial charge is 0.338 e. The molecule has 42 heavy (non-hydrogen) atoms. The van der Waals surface area contributed by atoms with Gasteiger partial charge in [0.05, 0.1) is 28.5 Å². The van der Waals surface area contributed by atoms with E-state index >= 15 is 0 Å². The summed E-state index contributed by atoms with van der Waals surface area (Å²) in [4.78, 5) is 36.2. The topological polar surface area (TPSA) is 84.1 Å². The molecule has 0 bridgehead atoms. The Morgan fingerprint density at radius 3 is 2.40 bits per heavy atom. The van der Waals surface area contributed by atoms with E-state index in [4.69, 9.17) is 9.73 Å². The lowest BCUT2D eigenvalue weighted by molar-refractivity contribution is -0.138. The third-order valence-corrected chi connectivity index (χ3v) is 8.96. The Balaban J connectivity index is 1.75. The number of anilines is 1. The first-order chi connectivity index (χ1) is 20.4. The standard InChI is InChI=1S/C33H33N3O4S2/c1-5-35(6-2)24-16-13-23(26(37)20-24)19-27-31(38)36-30(22-14-17-25(41-4)18-15-22)28(32(39)40-7-3)29(34-33(36)42-27)21-11-9-8-10-12-21/h8-20,30,37H,5-7H2,1-4H3/b27-19-/t30-/m1/s1. The molecule has 3 aromatic carbocycles. The fourth-order valence-corrected chi connectivity index (χ4v) is 6.52. The van der Waals surface area contributed by atoms with Gasteiger partial charge in [-0.3, -0.25) is 9.36 Å². The van der Waals surface area contributed by atoms with Crippen LogP contribution in [0.1, 0.15) is 43.5 Å². The molecule has 1 aliphatic heterocycles. The molecule has 0 radical (unpaired) electrons. The molecule has 9 heteroatoms. The molecule has 7 nitrogen and oxygen atoms in total. The van der Waals surface area contributed by atoms with Crippen LogP contribution in [0.3, 0.4) is 0 Å². The van der Waals surface area contributed by atoms with E-state index in [1.165, 1.54) is 11.3 Å². The van der Waals surface area contributed by atoms with E-state index < -0.39 is 12.0 Å². The molecule has 0 saturated heterocycles. The van der Waals surface area contributed by atoms with E-state index in [9.17, 15) is 14.7 Å². The van der Waals surface area contributed by atoms with Gasteiger partial charge >= 0.3 is 5.97 Å². The van der Waals surface area contributed by atoms with Gasteiger partial charge < -0.3 is 14.7 Å². The van der Waals surface area contributed by atoms with Crippen molar-refractivity contribution >= 4 is 46.5 Å². The van der Waals surface area contributed by atoms with Crippen molar-refractivity contribution in [3.63, 3.8) is 0 Å². The van der Waals surface area contributed by atoms with Gasteiger partial charge in [0, 0.05) is 40.9 Å². The number of aromatic hydroxyl groups is 1. The molecule has 1 aromatic heterocycles. The van der Waals surface area contributed by atoms with Gasteiger partial charge in [0.2, 0.25) is 0 Å². The number of ether oxygens (including phenoxy) is 1. The molecule has 1 atom stereocenters. The fraction of sp³-hybridized carbons (Fsp3) is 0.242. The Labute approximate surface area is 253 Å². The maximum atomic E-state index is 14.1. The Hall–Kier alpha value is -4.08. The summed E-state index contributed by atoms with van der Waals surface area (Å²) in [6.45, 7) is 7.71. The minimum atomic E-state index is -0.743. The molecule has 0 amide bonds. The van der Waals surface area contributed by atoms with Crippen molar-refractivity contribution in [2.45, 2.75) is 31.7 Å². The second kappa shape index (κ2) is 12.8. The number of carbonyl (C=O) groups is 1. The maximum absolute atomic E-state index is 14.1. The zero-order chi connectivity index (χ0) is 29.8. The van der Waals surface area contributed by atoms with E-state index in [0.29, 0.717) is 26.2 Å². The van der Waals surface area contributed by atoms with Crippen molar-refractivity contribution in [1.82, 2.24) is 4.57 Å². The molecule has 0 spiro atoms. The summed E-state index contributed by atoms with van der Waals surface area (Å²) >= 11 is 2.85. The van der Waals surface area contributed by atoms with Crippen LogP contribution in [-0.2, 0) is 9.53 Å². The van der Waals surface area contributed by atoms with Crippen molar-refractivity contribution in [2.24, 2.45) is 4.99 Å². The summed E-state index contributed by atoms with van der Waals surface area (Å²) < 4.78 is 7.51. The van der Waals surface area contributed by atoms with Crippen molar-refractivity contribution < 1.29 is 14.6 Å². The minimum Gasteiger partial charge on any atom is -0.507 e. The van der Waals surface area contributed by atoms with Crippen LogP contribution in [0.5, 0.6) is 5.75 Å². The van der Waals surface area contributed by atoms with Crippen LogP contribution in [-0.4, -0.2) is 41.6 Å². The van der Waals surface area contributed by atoms with E-state index in [1.54, 1.807) is 35.4 Å². The van der Waals surface area contributed by atoms with Crippen LogP contribution in [0.2, 0.25) is 0 Å². The highest BCUT2D eigenvalue weighted by atomic mass is 32.2. The number of nitrogens with zero attached hydrogens (tertiary/aromatic N) is 3. The third kappa shape index (κ3) is 5.67. The highest BCUT2D eigenvalue weighted by Crippen LogP contribution is 2.35. The van der Waals surface area contributed by atoms with Gasteiger partial charge in [0.15, 0.2) is 4.80 Å². The van der Waals surface area contributed by atoms with Gasteiger partial charge in [-0.15, -0.1) is 11.8 Å². The van der Waals surface area contributed by atoms with E-state index in [2.05, 4.69) is 18.7 Å². The van der Waals surface area contributed by atoms with Gasteiger partial charge in [-0.2, -0.15) is 0 Å². The van der Waals surface area contributed by atoms with Crippen LogP contribution in [0.15, 0.2) is 93.1 Å². The number of hydrogen-bond donors (Lipinski definition) is 1. The lowest BCUT2D eigenvalue weighted by Crippen LogP contribution is -2.40. The number of rotatable bonds is 9. The first kappa shape index (κ1) is 29.4. The van der Waals surface area contributed by atoms with Gasteiger partial charge in [0.1, 0.15) is 5.75 Å². The van der Waals surface area contributed by atoms with E-state index in [-0.39, 0.29) is 17.9 Å². The molecule has 1 aliphatic rings. The Morgan fingerprint density at radius 1 is 1.07 bits per heavy atom. The lowest BCUT2D eigenvalue weighted by atomic mass is 9.93. The van der Waals surface area contributed by atoms with Gasteiger partial charge in [-0.05, 0) is 62.9 Å². The third-order valence-electron chi connectivity index (χ3n) is 7.23. The highest BCUT2D eigenvalue weighted by Gasteiger charge is 2.35. The molecule has 0 saturated carbocycles. The largest absolute Gasteiger partial charge is 0.507 e. The first-order valence-electron chi connectivity index (χ1n) is 13.9. The average Bonchev–Trinajstić information content (AvgIpc) is 3.33. The summed E-state index contributed by atoms with van der Waals surface area (Å²) in [6.07, 6.45) is 3.69. The van der Waals surface area contributed by atoms with Crippen molar-refractivity contribution in [3.05, 3.63) is 115 Å². The molecular formula is C33H33N3O4S2. The summed E-state index contributed by atoms with van der Waals surface area (Å²) in [5, 5.41) is 10.9. The number of fused-ring (bicyclic) bond motifs is 1. The number of phenolic OH excluding ortho intramolecular Hbond substituents is 1. The average molecular weight is 600 g/mol. The second-order valence-corrected chi connectivity index (χ2v) is 11.5. The molecule has 0 fully saturated rings. The molecule has 1 N–H and O–H groups in total. The number of aromatic nitrogens is 1. The number of phenols is 1. The van der Waals surface area contributed by atoms with Gasteiger partial charge in [0.25, 0.3) is 5.56 Å². The number of thiazole rings is 1. The zero-order valence-electron chi connectivity index (χ0n) is 24.0. The summed E-state index contributed by atoms with van der Waals surface area (Å²) in [5.41, 5.74) is 3.48. The second-order valence-electron chi connectivity index (χ2n) is 9.62. The molecular weight excluding hydrogens is 567 g/mol. The van der Waals surface area contributed by atoms with Gasteiger partial charge in [-0.1, -0.05) is 53.8 Å². The molecule has 216 valence electrons. The maximum Gasteiger partial charge on any atom is 0.338 e. The molecule has 4 aromatic rings. The van der Waals surface area contributed by atoms with Crippen LogP contribution in [0.25, 0.3) is 11.8 Å². The Bertz CT molecular complexity index is 1800. The zero-order valence-corrected chi connectivity index (χ0v) is 25.7. The van der Waals surface area contributed by atoms with Crippen LogP contribution >= 0.6 is 23.1 Å². The molecule has 2 heterocycles. The lowest BCUT2D eigenvalue weighted by Gasteiger charge is -2.26. The minimum absolute atomic E-state index is 0.0895. The van der Waals surface area contributed by atoms with E-state index in [1.807, 2.05) is 73.0 Å². The van der Waals surface area contributed by atoms with Gasteiger partial charge in [-0.25, -0.2) is 9.79 Å². The van der Waals surface area contributed by atoms with Crippen molar-refractivity contribution in [3.8, 4) is 5.75 Å². The predicted molar refractivity (Wildman–Crippen MR) is 171 cm³/mol. The summed E-state index contributed by atoms with van der Waals surface area (Å²) in [7, 11) is 0. The van der Waals surface area contributed by atoms with Crippen LogP contribution < -0.4 is 19.8 Å². The quantitative estimate of drug-likeness (QED) is 0.210. The summed E-state index contributed by atoms with van der Waals surface area (Å²) in [6, 6.07) is 22.1. The van der Waals surface area contributed by atoms with Crippen LogP contribution in [0.4, 0.5) is 5.69 Å². The first-order valence-corrected chi connectivity index (χ1v) is 15.9. The predicted octanol–water partition coefficient (Wildman–Crippen LogP) is 5.21. The number of benzene rings is 3. The number of carbonyl (C=O) groups excluding carboxylic acids is 1. The molecule has 0 aliphatic carbocycles. The van der Waals surface area contributed by atoms with Crippen molar-refractivity contribution in [1.29, 1.82) is 0 Å². The SMILES string of the molecule is CCOC(=O)C1=C(c2ccccc2)N=c2s/c(=C\c3ccc(N(CC)CC)cc3O)c(=O)n2[C@@H]1c1ccc(SC)cc1. The number of thioether (sulfide) groups is 1. The fourth-order valence-electron chi connectivity index (χ4n) is 5.12. The normalized spacial score (nSPS) is 14.9. The Morgan fingerprint density at radius 2 is 1.79 bits per heavy atom. The number of hydrogen-bond acceptors (Lipinski definition) is 8. The molecule has 5 rings (SSSR count). The monoisotopic (exact) mass is 599 g/mol. The highest BCUT2D eigenvalue weighted by molar-refractivity contribution is 7.98. The van der Waals surface area contributed by atoms with Crippen LogP contribution in [0, 0.1) is 0 Å². The summed E-state index contributed by atoms with van der Waals surface area (Å²) in [5.74, 6) is -0.426.